The molecule has 6 heteroatoms. The van der Waals surface area contributed by atoms with Crippen LogP contribution in [0.1, 0.15) is 23.3 Å². The number of ether oxygens (including phenoxy) is 1. The Morgan fingerprint density at radius 2 is 1.54 bits per heavy atom. The number of halogens is 2. The molecule has 0 aliphatic carbocycles. The van der Waals surface area contributed by atoms with E-state index in [2.05, 4.69) is 0 Å². The summed E-state index contributed by atoms with van der Waals surface area (Å²) in [6.07, 6.45) is -0.340. The average Bonchev–Trinajstić information content (AvgIpc) is 2.58. The lowest BCUT2D eigenvalue weighted by Gasteiger charge is -2.41. The highest BCUT2D eigenvalue weighted by atomic mass is 35.5. The van der Waals surface area contributed by atoms with E-state index in [1.807, 2.05) is 24.3 Å². The Morgan fingerprint density at radius 1 is 1.00 bits per heavy atom. The van der Waals surface area contributed by atoms with Gasteiger partial charge >= 0.3 is 0 Å². The van der Waals surface area contributed by atoms with E-state index in [-0.39, 0.29) is 37.8 Å². The Balaban J connectivity index is 2.02. The molecule has 0 aromatic heterocycles. The molecule has 0 spiro atoms. The van der Waals surface area contributed by atoms with Crippen LogP contribution in [0.2, 0.25) is 10.0 Å². The van der Waals surface area contributed by atoms with Crippen molar-refractivity contribution >= 4 is 29.1 Å². The number of β-amino-alcohol motifs (C(OH)–C–C–N with tert-alkyl or cyclic N) is 1. The van der Waals surface area contributed by atoms with Crippen molar-refractivity contribution in [1.29, 1.82) is 0 Å². The summed E-state index contributed by atoms with van der Waals surface area (Å²) in [6.45, 7) is 0.125. The zero-order valence-electron chi connectivity index (χ0n) is 12.9. The number of nitrogens with zero attached hydrogens (tertiary/aromatic N) is 1. The molecular weight excluding hydrogens is 349 g/mol. The highest BCUT2D eigenvalue weighted by Crippen LogP contribution is 2.40. The molecule has 1 heterocycles. The number of aliphatic hydroxyl groups excluding tert-OH is 1. The van der Waals surface area contributed by atoms with Crippen LogP contribution in [0.15, 0.2) is 48.5 Å². The highest BCUT2D eigenvalue weighted by Gasteiger charge is 2.38. The summed E-state index contributed by atoms with van der Waals surface area (Å²) in [5.74, 6) is -0.144. The van der Waals surface area contributed by atoms with Crippen molar-refractivity contribution in [2.45, 2.75) is 12.1 Å². The van der Waals surface area contributed by atoms with Gasteiger partial charge in [0, 0.05) is 16.6 Å². The molecule has 2 unspecified atom stereocenters. The van der Waals surface area contributed by atoms with Gasteiger partial charge in [-0.1, -0.05) is 47.5 Å². The molecule has 1 aliphatic heterocycles. The lowest BCUT2D eigenvalue weighted by molar-refractivity contribution is -0.159. The minimum Gasteiger partial charge on any atom is -0.395 e. The van der Waals surface area contributed by atoms with Crippen molar-refractivity contribution in [1.82, 2.24) is 4.90 Å². The Morgan fingerprint density at radius 3 is 2.08 bits per heavy atom. The number of morpholine rings is 1. The topological polar surface area (TPSA) is 49.8 Å². The predicted molar refractivity (Wildman–Crippen MR) is 93.1 cm³/mol. The monoisotopic (exact) mass is 365 g/mol. The van der Waals surface area contributed by atoms with Crippen LogP contribution < -0.4 is 0 Å². The maximum atomic E-state index is 12.3. The highest BCUT2D eigenvalue weighted by molar-refractivity contribution is 6.30. The van der Waals surface area contributed by atoms with Crippen LogP contribution in [0, 0.1) is 0 Å². The smallest absolute Gasteiger partial charge is 0.249 e. The van der Waals surface area contributed by atoms with Crippen LogP contribution in [0.25, 0.3) is 0 Å². The number of benzene rings is 2. The number of amides is 1. The Labute approximate surface area is 150 Å². The Bertz CT molecular complexity index is 703. The van der Waals surface area contributed by atoms with Gasteiger partial charge in [0.2, 0.25) is 5.91 Å². The van der Waals surface area contributed by atoms with Gasteiger partial charge < -0.3 is 14.7 Å². The van der Waals surface area contributed by atoms with E-state index in [9.17, 15) is 9.90 Å². The van der Waals surface area contributed by atoms with Crippen LogP contribution >= 0.6 is 23.2 Å². The average molecular weight is 366 g/mol. The van der Waals surface area contributed by atoms with E-state index in [1.54, 1.807) is 29.2 Å². The van der Waals surface area contributed by atoms with Crippen molar-refractivity contribution in [2.75, 3.05) is 19.8 Å². The van der Waals surface area contributed by atoms with E-state index >= 15 is 0 Å². The van der Waals surface area contributed by atoms with Gasteiger partial charge in [-0.25, -0.2) is 0 Å². The molecule has 0 bridgehead atoms. The summed E-state index contributed by atoms with van der Waals surface area (Å²) >= 11 is 12.0. The zero-order chi connectivity index (χ0) is 17.1. The van der Waals surface area contributed by atoms with E-state index in [4.69, 9.17) is 27.9 Å². The molecule has 3 rings (SSSR count). The van der Waals surface area contributed by atoms with Crippen LogP contribution in [0.3, 0.4) is 0 Å². The van der Waals surface area contributed by atoms with Crippen LogP contribution in [0.5, 0.6) is 0 Å². The van der Waals surface area contributed by atoms with Crippen LogP contribution in [-0.4, -0.2) is 35.7 Å². The second kappa shape index (κ2) is 7.53. The third-order valence-electron chi connectivity index (χ3n) is 4.08. The van der Waals surface area contributed by atoms with Crippen molar-refractivity contribution in [2.24, 2.45) is 0 Å². The molecule has 1 aliphatic rings. The molecule has 2 aromatic carbocycles. The second-order valence-corrected chi connectivity index (χ2v) is 6.46. The maximum absolute atomic E-state index is 12.3. The summed E-state index contributed by atoms with van der Waals surface area (Å²) < 4.78 is 5.84. The van der Waals surface area contributed by atoms with Crippen molar-refractivity contribution in [3.8, 4) is 0 Å². The van der Waals surface area contributed by atoms with Crippen molar-refractivity contribution in [3.63, 3.8) is 0 Å². The number of hydrogen-bond donors (Lipinski definition) is 1. The minimum absolute atomic E-state index is 0.0165. The molecule has 24 heavy (non-hydrogen) atoms. The van der Waals surface area contributed by atoms with Gasteiger partial charge in [0.15, 0.2) is 0 Å². The lowest BCUT2D eigenvalue weighted by Crippen LogP contribution is -2.46. The summed E-state index contributed by atoms with van der Waals surface area (Å²) in [7, 11) is 0. The molecule has 0 radical (unpaired) electrons. The zero-order valence-corrected chi connectivity index (χ0v) is 14.4. The second-order valence-electron chi connectivity index (χ2n) is 5.59. The van der Waals surface area contributed by atoms with E-state index in [0.717, 1.165) is 11.1 Å². The summed E-state index contributed by atoms with van der Waals surface area (Å²) in [5.41, 5.74) is 1.83. The van der Waals surface area contributed by atoms with Crippen LogP contribution in [0.4, 0.5) is 0 Å². The molecular formula is C18H17Cl2NO3. The summed E-state index contributed by atoms with van der Waals surface area (Å²) in [4.78, 5) is 14.0. The first-order valence-electron chi connectivity index (χ1n) is 7.63. The number of hydrogen-bond acceptors (Lipinski definition) is 3. The van der Waals surface area contributed by atoms with Gasteiger partial charge in [-0.3, -0.25) is 4.79 Å². The number of carbonyl (C=O) groups is 1. The van der Waals surface area contributed by atoms with Gasteiger partial charge in [0.05, 0.1) is 12.6 Å². The van der Waals surface area contributed by atoms with E-state index < -0.39 is 0 Å². The van der Waals surface area contributed by atoms with Crippen LogP contribution in [-0.2, 0) is 9.53 Å². The lowest BCUT2D eigenvalue weighted by atomic mass is 9.93. The van der Waals surface area contributed by atoms with Gasteiger partial charge in [-0.15, -0.1) is 0 Å². The first-order valence-corrected chi connectivity index (χ1v) is 8.38. The molecule has 0 saturated carbocycles. The summed E-state index contributed by atoms with van der Waals surface area (Å²) in [5, 5.41) is 10.6. The van der Waals surface area contributed by atoms with Crippen molar-refractivity contribution in [3.05, 3.63) is 69.7 Å². The summed E-state index contributed by atoms with van der Waals surface area (Å²) in [6, 6.07) is 14.4. The number of carbonyl (C=O) groups excluding carboxylic acids is 1. The molecule has 1 fully saturated rings. The molecule has 4 nitrogen and oxygen atoms in total. The predicted octanol–water partition coefficient (Wildman–Crippen LogP) is 3.63. The Kier molecular flexibility index (Phi) is 5.41. The molecule has 2 aromatic rings. The number of aliphatic hydroxyl groups is 1. The molecule has 1 N–H and O–H groups in total. The first-order chi connectivity index (χ1) is 11.6. The quantitative estimate of drug-likeness (QED) is 0.899. The fourth-order valence-electron chi connectivity index (χ4n) is 2.97. The van der Waals surface area contributed by atoms with Gasteiger partial charge in [-0.2, -0.15) is 0 Å². The molecule has 1 saturated heterocycles. The molecule has 126 valence electrons. The maximum Gasteiger partial charge on any atom is 0.249 e. The normalized spacial score (nSPS) is 21.1. The molecule has 2 atom stereocenters. The fourth-order valence-corrected chi connectivity index (χ4v) is 3.22. The van der Waals surface area contributed by atoms with E-state index in [1.165, 1.54) is 0 Å². The third-order valence-corrected chi connectivity index (χ3v) is 4.58. The van der Waals surface area contributed by atoms with Gasteiger partial charge in [0.1, 0.15) is 12.7 Å². The third kappa shape index (κ3) is 3.57. The van der Waals surface area contributed by atoms with Crippen molar-refractivity contribution < 1.29 is 14.6 Å². The standard InChI is InChI=1S/C18H17Cl2NO3/c19-14-5-1-12(2-6-14)17-18(13-3-7-15(20)8-4-13)24-11-16(23)21(17)9-10-22/h1-8,17-18,22H,9-11H2. The molecule has 1 amide bonds. The Hall–Kier alpha value is -1.59. The van der Waals surface area contributed by atoms with Gasteiger partial charge in [-0.05, 0) is 35.4 Å². The van der Waals surface area contributed by atoms with Gasteiger partial charge in [0.25, 0.3) is 0 Å². The fraction of sp³-hybridized carbons (Fsp3) is 0.278. The largest absolute Gasteiger partial charge is 0.395 e. The van der Waals surface area contributed by atoms with E-state index in [0.29, 0.717) is 10.0 Å². The number of rotatable bonds is 4. The SMILES string of the molecule is O=C1COC(c2ccc(Cl)cc2)C(c2ccc(Cl)cc2)N1CCO. The first kappa shape index (κ1) is 17.2. The minimum atomic E-state index is -0.340.